The third-order valence-corrected chi connectivity index (χ3v) is 8.01. The van der Waals surface area contributed by atoms with Crippen LogP contribution in [0.1, 0.15) is 62.5 Å². The normalized spacial score (nSPS) is 18.3. The molecule has 0 fully saturated rings. The van der Waals surface area contributed by atoms with Gasteiger partial charge in [0.05, 0.1) is 15.0 Å². The quantitative estimate of drug-likeness (QED) is 0.258. The van der Waals surface area contributed by atoms with E-state index in [1.54, 1.807) is 12.1 Å². The van der Waals surface area contributed by atoms with Crippen LogP contribution < -0.4 is 4.74 Å². The van der Waals surface area contributed by atoms with E-state index in [-0.39, 0.29) is 23.1 Å². The van der Waals surface area contributed by atoms with Crippen molar-refractivity contribution in [3.05, 3.63) is 84.7 Å². The molecule has 0 spiro atoms. The van der Waals surface area contributed by atoms with Crippen LogP contribution in [0.3, 0.4) is 0 Å². The summed E-state index contributed by atoms with van der Waals surface area (Å²) in [7, 11) is 0. The molecule has 0 unspecified atom stereocenters. The summed E-state index contributed by atoms with van der Waals surface area (Å²) >= 11 is 3.42. The predicted octanol–water partition coefficient (Wildman–Crippen LogP) is 7.60. The second kappa shape index (κ2) is 10.3. The zero-order valence-corrected chi connectivity index (χ0v) is 22.5. The van der Waals surface area contributed by atoms with Crippen molar-refractivity contribution >= 4 is 33.2 Å². The van der Waals surface area contributed by atoms with Gasteiger partial charge in [-0.25, -0.2) is 0 Å². The van der Waals surface area contributed by atoms with Crippen molar-refractivity contribution in [3.63, 3.8) is 0 Å². The van der Waals surface area contributed by atoms with Crippen LogP contribution >= 0.6 is 15.9 Å². The first-order chi connectivity index (χ1) is 18.5. The number of ketones is 2. The fourth-order valence-electron chi connectivity index (χ4n) is 5.75. The SMILES string of the molecule is CCN1C2=C(C(=O)CCC2)C(c2ccc(Oc3ccc(C(F)(F)F)cc3[N+](=O)[O-])c(Br)c2)C2=C1CCCC2=O. The smallest absolute Gasteiger partial charge is 0.416 e. The molecule has 0 N–H and O–H groups in total. The highest BCUT2D eigenvalue weighted by Crippen LogP contribution is 2.50. The molecule has 0 aromatic heterocycles. The van der Waals surface area contributed by atoms with E-state index in [9.17, 15) is 32.9 Å². The van der Waals surface area contributed by atoms with Crippen LogP contribution in [0.2, 0.25) is 0 Å². The number of hydrogen-bond acceptors (Lipinski definition) is 6. The molecule has 0 atom stereocenters. The monoisotopic (exact) mass is 604 g/mol. The molecule has 1 heterocycles. The molecular weight excluding hydrogens is 581 g/mol. The Balaban J connectivity index is 1.56. The van der Waals surface area contributed by atoms with Gasteiger partial charge in [-0.15, -0.1) is 0 Å². The van der Waals surface area contributed by atoms with Gasteiger partial charge in [-0.2, -0.15) is 13.2 Å². The van der Waals surface area contributed by atoms with Crippen molar-refractivity contribution in [3.8, 4) is 11.5 Å². The van der Waals surface area contributed by atoms with Gasteiger partial charge in [-0.3, -0.25) is 19.7 Å². The highest BCUT2D eigenvalue weighted by Gasteiger charge is 2.43. The van der Waals surface area contributed by atoms with Crippen LogP contribution in [0.4, 0.5) is 18.9 Å². The van der Waals surface area contributed by atoms with E-state index >= 15 is 0 Å². The van der Waals surface area contributed by atoms with Gasteiger partial charge < -0.3 is 9.64 Å². The van der Waals surface area contributed by atoms with E-state index in [1.807, 2.05) is 6.92 Å². The summed E-state index contributed by atoms with van der Waals surface area (Å²) in [6, 6.07) is 7.01. The number of allylic oxidation sites excluding steroid dienone is 4. The molecule has 0 saturated carbocycles. The Hall–Kier alpha value is -3.47. The van der Waals surface area contributed by atoms with Gasteiger partial charge in [-0.1, -0.05) is 6.07 Å². The zero-order valence-electron chi connectivity index (χ0n) is 20.9. The summed E-state index contributed by atoms with van der Waals surface area (Å²) in [4.78, 5) is 39.2. The molecule has 2 aromatic rings. The number of hydrogen-bond donors (Lipinski definition) is 0. The van der Waals surface area contributed by atoms with Crippen molar-refractivity contribution in [1.29, 1.82) is 0 Å². The van der Waals surface area contributed by atoms with Crippen molar-refractivity contribution in [2.75, 3.05) is 6.54 Å². The second-order valence-electron chi connectivity index (χ2n) is 9.68. The average molecular weight is 605 g/mol. The Kier molecular flexibility index (Phi) is 7.13. The number of Topliss-reactive ketones (excluding diaryl/α,β-unsaturated/α-hetero) is 2. The highest BCUT2D eigenvalue weighted by atomic mass is 79.9. The van der Waals surface area contributed by atoms with Crippen LogP contribution in [-0.2, 0) is 15.8 Å². The van der Waals surface area contributed by atoms with Gasteiger partial charge in [0.25, 0.3) is 0 Å². The summed E-state index contributed by atoms with van der Waals surface area (Å²) in [5, 5.41) is 11.5. The lowest BCUT2D eigenvalue weighted by Gasteiger charge is -2.43. The Labute approximate surface area is 230 Å². The molecule has 2 aromatic carbocycles. The first kappa shape index (κ1) is 27.1. The number of halogens is 4. The lowest BCUT2D eigenvalue weighted by atomic mass is 9.71. The molecule has 7 nitrogen and oxygen atoms in total. The van der Waals surface area contributed by atoms with Gasteiger partial charge in [-0.05, 0) is 78.4 Å². The predicted molar refractivity (Wildman–Crippen MR) is 139 cm³/mol. The number of alkyl halides is 3. The average Bonchev–Trinajstić information content (AvgIpc) is 2.88. The van der Waals surface area contributed by atoms with Crippen LogP contribution in [0, 0.1) is 10.1 Å². The molecule has 39 heavy (non-hydrogen) atoms. The number of ether oxygens (including phenoxy) is 1. The molecule has 3 aliphatic rings. The number of carbonyl (C=O) groups is 2. The second-order valence-corrected chi connectivity index (χ2v) is 10.5. The van der Waals surface area contributed by atoms with Gasteiger partial charge in [0, 0.05) is 53.9 Å². The van der Waals surface area contributed by atoms with E-state index in [2.05, 4.69) is 20.8 Å². The van der Waals surface area contributed by atoms with E-state index in [1.165, 1.54) is 6.07 Å². The molecule has 0 saturated heterocycles. The zero-order chi connectivity index (χ0) is 28.1. The van der Waals surface area contributed by atoms with Crippen LogP contribution in [0.25, 0.3) is 0 Å². The standard InChI is InChI=1S/C28H24BrF3N2O5/c1-2-33-18-5-3-7-21(35)26(18)25(27-19(33)6-4-8-22(27)36)15-9-11-23(17(29)13-15)39-24-12-10-16(28(30,31)32)14-20(24)34(37)38/h9-14,25H,2-8H2,1H3. The van der Waals surface area contributed by atoms with Crippen LogP contribution in [0.15, 0.2) is 63.4 Å². The fraction of sp³-hybridized carbons (Fsp3) is 0.357. The van der Waals surface area contributed by atoms with E-state index < -0.39 is 28.3 Å². The van der Waals surface area contributed by atoms with Gasteiger partial charge in [0.2, 0.25) is 5.75 Å². The first-order valence-electron chi connectivity index (χ1n) is 12.6. The minimum absolute atomic E-state index is 0.0152. The molecular formula is C28H24BrF3N2O5. The lowest BCUT2D eigenvalue weighted by molar-refractivity contribution is -0.385. The maximum absolute atomic E-state index is 13.2. The van der Waals surface area contributed by atoms with Gasteiger partial charge >= 0.3 is 11.9 Å². The Morgan fingerprint density at radius 2 is 1.56 bits per heavy atom. The molecule has 5 rings (SSSR count). The molecule has 0 amide bonds. The maximum atomic E-state index is 13.2. The van der Waals surface area contributed by atoms with Crippen molar-refractivity contribution in [2.24, 2.45) is 0 Å². The molecule has 0 radical (unpaired) electrons. The van der Waals surface area contributed by atoms with Gasteiger partial charge in [0.15, 0.2) is 11.6 Å². The summed E-state index contributed by atoms with van der Waals surface area (Å²) in [6.45, 7) is 2.67. The molecule has 204 valence electrons. The molecule has 11 heteroatoms. The number of nitro groups is 1. The van der Waals surface area contributed by atoms with Crippen molar-refractivity contribution < 1.29 is 32.4 Å². The summed E-state index contributed by atoms with van der Waals surface area (Å²) in [5.74, 6) is -0.717. The van der Waals surface area contributed by atoms with Crippen LogP contribution in [0.5, 0.6) is 11.5 Å². The van der Waals surface area contributed by atoms with Crippen LogP contribution in [-0.4, -0.2) is 27.9 Å². The number of nitrogens with zero attached hydrogens (tertiary/aromatic N) is 2. The van der Waals surface area contributed by atoms with Crippen molar-refractivity contribution in [2.45, 2.75) is 57.5 Å². The largest absolute Gasteiger partial charge is 0.449 e. The Morgan fingerprint density at radius 3 is 2.08 bits per heavy atom. The number of benzene rings is 2. The summed E-state index contributed by atoms with van der Waals surface area (Å²) in [6.07, 6.45) is -0.938. The number of nitro benzene ring substituents is 1. The lowest BCUT2D eigenvalue weighted by Crippen LogP contribution is -2.39. The third kappa shape index (κ3) is 4.88. The minimum atomic E-state index is -4.74. The van der Waals surface area contributed by atoms with E-state index in [4.69, 9.17) is 4.74 Å². The molecule has 1 aliphatic heterocycles. The molecule has 2 aliphatic carbocycles. The minimum Gasteiger partial charge on any atom is -0.449 e. The number of carbonyl (C=O) groups excluding carboxylic acids is 2. The number of rotatable bonds is 5. The van der Waals surface area contributed by atoms with Crippen molar-refractivity contribution in [1.82, 2.24) is 4.90 Å². The first-order valence-corrected chi connectivity index (χ1v) is 13.4. The summed E-state index contributed by atoms with van der Waals surface area (Å²) < 4.78 is 45.3. The fourth-order valence-corrected chi connectivity index (χ4v) is 6.23. The summed E-state index contributed by atoms with van der Waals surface area (Å²) in [5.41, 5.74) is 1.91. The van der Waals surface area contributed by atoms with E-state index in [0.717, 1.165) is 49.2 Å². The third-order valence-electron chi connectivity index (χ3n) is 7.39. The Morgan fingerprint density at radius 1 is 0.974 bits per heavy atom. The van der Waals surface area contributed by atoms with E-state index in [0.29, 0.717) is 46.6 Å². The highest BCUT2D eigenvalue weighted by molar-refractivity contribution is 9.10. The Bertz CT molecular complexity index is 1420. The maximum Gasteiger partial charge on any atom is 0.416 e. The topological polar surface area (TPSA) is 89.8 Å². The van der Waals surface area contributed by atoms with Gasteiger partial charge in [0.1, 0.15) is 5.75 Å². The molecule has 0 bridgehead atoms.